The zero-order valence-electron chi connectivity index (χ0n) is 10.1. The van der Waals surface area contributed by atoms with Gasteiger partial charge in [0.25, 0.3) is 0 Å². The number of rotatable bonds is 2. The molecule has 0 N–H and O–H groups in total. The third-order valence-corrected chi connectivity index (χ3v) is 4.15. The SMILES string of the molecule is CC(=O)/C=C/C1=C(C)C2CC1CC2(C)C. The van der Waals surface area contributed by atoms with Gasteiger partial charge in [-0.25, -0.2) is 0 Å². The van der Waals surface area contributed by atoms with Crippen LogP contribution in [0.1, 0.15) is 40.5 Å². The average Bonchev–Trinajstić information content (AvgIpc) is 2.54. The second kappa shape index (κ2) is 3.33. The summed E-state index contributed by atoms with van der Waals surface area (Å²) in [7, 11) is 0. The number of allylic oxidation sites excluding steroid dienone is 4. The van der Waals surface area contributed by atoms with Crippen molar-refractivity contribution >= 4 is 5.78 Å². The molecule has 1 nitrogen and oxygen atoms in total. The van der Waals surface area contributed by atoms with E-state index in [-0.39, 0.29) is 5.78 Å². The summed E-state index contributed by atoms with van der Waals surface area (Å²) in [5.41, 5.74) is 3.44. The molecule has 2 bridgehead atoms. The van der Waals surface area contributed by atoms with Crippen LogP contribution in [0.15, 0.2) is 23.3 Å². The van der Waals surface area contributed by atoms with Crippen LogP contribution in [0, 0.1) is 17.3 Å². The molecule has 0 radical (unpaired) electrons. The molecule has 0 amide bonds. The molecule has 2 rings (SSSR count). The largest absolute Gasteiger partial charge is 0.295 e. The predicted octanol–water partition coefficient (Wildman–Crippen LogP) is 3.51. The number of fused-ring (bicyclic) bond motifs is 2. The Morgan fingerprint density at radius 3 is 2.60 bits per heavy atom. The maximum Gasteiger partial charge on any atom is 0.152 e. The molecule has 1 heteroatoms. The standard InChI is InChI=1S/C14H20O/c1-9(15)5-6-12-10(2)13-7-11(12)8-14(13,3)4/h5-6,11,13H,7-8H2,1-4H3/b6-5+. The molecule has 2 unspecified atom stereocenters. The van der Waals surface area contributed by atoms with Crippen molar-refractivity contribution in [3.05, 3.63) is 23.3 Å². The molecular weight excluding hydrogens is 184 g/mol. The lowest BCUT2D eigenvalue weighted by Crippen LogP contribution is -2.21. The fraction of sp³-hybridized carbons (Fsp3) is 0.643. The Labute approximate surface area is 92.3 Å². The summed E-state index contributed by atoms with van der Waals surface area (Å²) in [5, 5.41) is 0. The zero-order valence-corrected chi connectivity index (χ0v) is 10.1. The first-order valence-corrected chi connectivity index (χ1v) is 5.81. The first-order chi connectivity index (χ1) is 6.92. The maximum atomic E-state index is 10.9. The minimum atomic E-state index is 0.150. The van der Waals surface area contributed by atoms with E-state index in [4.69, 9.17) is 0 Å². The number of carbonyl (C=O) groups is 1. The van der Waals surface area contributed by atoms with Crippen molar-refractivity contribution < 1.29 is 4.79 Å². The number of carbonyl (C=O) groups excluding carboxylic acids is 1. The van der Waals surface area contributed by atoms with E-state index in [1.54, 1.807) is 13.0 Å². The fourth-order valence-corrected chi connectivity index (χ4v) is 3.46. The lowest BCUT2D eigenvalue weighted by atomic mass is 9.74. The van der Waals surface area contributed by atoms with E-state index < -0.39 is 0 Å². The van der Waals surface area contributed by atoms with E-state index in [0.717, 1.165) is 5.92 Å². The molecule has 2 aliphatic rings. The molecule has 0 aromatic heterocycles. The molecule has 0 spiro atoms. The van der Waals surface area contributed by atoms with Crippen LogP contribution in [-0.4, -0.2) is 5.78 Å². The normalized spacial score (nSPS) is 33.1. The van der Waals surface area contributed by atoms with Crippen molar-refractivity contribution in [2.24, 2.45) is 17.3 Å². The summed E-state index contributed by atoms with van der Waals surface area (Å²) >= 11 is 0. The first-order valence-electron chi connectivity index (χ1n) is 5.81. The van der Waals surface area contributed by atoms with Crippen molar-refractivity contribution in [3.8, 4) is 0 Å². The summed E-state index contributed by atoms with van der Waals surface area (Å²) in [4.78, 5) is 10.9. The fourth-order valence-electron chi connectivity index (χ4n) is 3.46. The zero-order chi connectivity index (χ0) is 11.2. The number of ketones is 1. The third-order valence-electron chi connectivity index (χ3n) is 4.15. The van der Waals surface area contributed by atoms with Gasteiger partial charge in [-0.05, 0) is 55.6 Å². The average molecular weight is 204 g/mol. The number of hydrogen-bond donors (Lipinski definition) is 0. The van der Waals surface area contributed by atoms with Crippen LogP contribution >= 0.6 is 0 Å². The molecule has 1 fully saturated rings. The minimum absolute atomic E-state index is 0.150. The molecular formula is C14H20O. The van der Waals surface area contributed by atoms with Gasteiger partial charge >= 0.3 is 0 Å². The van der Waals surface area contributed by atoms with Gasteiger partial charge in [0.15, 0.2) is 5.78 Å². The lowest BCUT2D eigenvalue weighted by molar-refractivity contribution is -0.112. The van der Waals surface area contributed by atoms with Crippen molar-refractivity contribution in [2.75, 3.05) is 0 Å². The van der Waals surface area contributed by atoms with Crippen LogP contribution < -0.4 is 0 Å². The van der Waals surface area contributed by atoms with Crippen LogP contribution in [0.4, 0.5) is 0 Å². The van der Waals surface area contributed by atoms with E-state index in [1.807, 2.05) is 0 Å². The third kappa shape index (κ3) is 1.68. The highest BCUT2D eigenvalue weighted by atomic mass is 16.1. The van der Waals surface area contributed by atoms with Crippen LogP contribution in [0.2, 0.25) is 0 Å². The van der Waals surface area contributed by atoms with Crippen molar-refractivity contribution in [3.63, 3.8) is 0 Å². The first kappa shape index (κ1) is 10.7. The van der Waals surface area contributed by atoms with E-state index in [9.17, 15) is 4.79 Å². The summed E-state index contributed by atoms with van der Waals surface area (Å²) in [6, 6.07) is 0. The van der Waals surface area contributed by atoms with E-state index in [0.29, 0.717) is 11.3 Å². The quantitative estimate of drug-likeness (QED) is 0.629. The van der Waals surface area contributed by atoms with Crippen molar-refractivity contribution in [2.45, 2.75) is 40.5 Å². The molecule has 0 heterocycles. The Bertz CT molecular complexity index is 358. The molecule has 1 saturated carbocycles. The molecule has 15 heavy (non-hydrogen) atoms. The highest BCUT2D eigenvalue weighted by molar-refractivity contribution is 5.87. The molecule has 0 aromatic rings. The van der Waals surface area contributed by atoms with Gasteiger partial charge in [0.1, 0.15) is 0 Å². The highest BCUT2D eigenvalue weighted by Gasteiger charge is 2.47. The van der Waals surface area contributed by atoms with Gasteiger partial charge in [-0.2, -0.15) is 0 Å². The Kier molecular flexibility index (Phi) is 2.37. The highest BCUT2D eigenvalue weighted by Crippen LogP contribution is 2.58. The number of hydrogen-bond acceptors (Lipinski definition) is 1. The van der Waals surface area contributed by atoms with Crippen molar-refractivity contribution in [1.29, 1.82) is 0 Å². The maximum absolute atomic E-state index is 10.9. The van der Waals surface area contributed by atoms with Gasteiger partial charge in [-0.1, -0.05) is 25.5 Å². The van der Waals surface area contributed by atoms with Gasteiger partial charge in [0, 0.05) is 0 Å². The van der Waals surface area contributed by atoms with Gasteiger partial charge in [0.05, 0.1) is 0 Å². The molecule has 0 saturated heterocycles. The van der Waals surface area contributed by atoms with E-state index >= 15 is 0 Å². The molecule has 0 aliphatic heterocycles. The van der Waals surface area contributed by atoms with E-state index in [2.05, 4.69) is 26.8 Å². The summed E-state index contributed by atoms with van der Waals surface area (Å²) < 4.78 is 0. The monoisotopic (exact) mass is 204 g/mol. The minimum Gasteiger partial charge on any atom is -0.295 e. The summed E-state index contributed by atoms with van der Waals surface area (Å²) in [5.74, 6) is 1.60. The van der Waals surface area contributed by atoms with Crippen LogP contribution in [0.5, 0.6) is 0 Å². The molecule has 0 aromatic carbocycles. The lowest BCUT2D eigenvalue weighted by Gasteiger charge is -2.31. The summed E-state index contributed by atoms with van der Waals surface area (Å²) in [6.07, 6.45) is 6.35. The Hall–Kier alpha value is -0.850. The second-order valence-electron chi connectivity index (χ2n) is 5.76. The van der Waals surface area contributed by atoms with Gasteiger partial charge in [-0.3, -0.25) is 4.79 Å². The van der Waals surface area contributed by atoms with Crippen molar-refractivity contribution in [1.82, 2.24) is 0 Å². The Morgan fingerprint density at radius 2 is 2.13 bits per heavy atom. The molecule has 2 aliphatic carbocycles. The van der Waals surface area contributed by atoms with Crippen LogP contribution in [-0.2, 0) is 4.79 Å². The molecule has 2 atom stereocenters. The van der Waals surface area contributed by atoms with Crippen LogP contribution in [0.3, 0.4) is 0 Å². The summed E-state index contributed by atoms with van der Waals surface area (Å²) in [6.45, 7) is 8.59. The Balaban J connectivity index is 2.26. The Morgan fingerprint density at radius 1 is 1.47 bits per heavy atom. The molecule has 82 valence electrons. The predicted molar refractivity (Wildman–Crippen MR) is 62.5 cm³/mol. The van der Waals surface area contributed by atoms with Crippen LogP contribution in [0.25, 0.3) is 0 Å². The van der Waals surface area contributed by atoms with Gasteiger partial charge in [-0.15, -0.1) is 0 Å². The second-order valence-corrected chi connectivity index (χ2v) is 5.76. The van der Waals surface area contributed by atoms with Gasteiger partial charge < -0.3 is 0 Å². The van der Waals surface area contributed by atoms with E-state index in [1.165, 1.54) is 24.0 Å². The van der Waals surface area contributed by atoms with Gasteiger partial charge in [0.2, 0.25) is 0 Å². The topological polar surface area (TPSA) is 17.1 Å². The smallest absolute Gasteiger partial charge is 0.152 e.